The van der Waals surface area contributed by atoms with Crippen molar-refractivity contribution < 1.29 is 32.2 Å². The lowest BCUT2D eigenvalue weighted by molar-refractivity contribution is -0.162. The van der Waals surface area contributed by atoms with Crippen LogP contribution in [0.3, 0.4) is 0 Å². The van der Waals surface area contributed by atoms with Gasteiger partial charge in [0, 0.05) is 26.1 Å². The second-order valence-corrected chi connectivity index (χ2v) is 9.07. The number of hydrogen-bond donors (Lipinski definition) is 1. The first kappa shape index (κ1) is 25.5. The minimum atomic E-state index is -4.61. The summed E-state index contributed by atoms with van der Waals surface area (Å²) in [6.07, 6.45) is -2.34. The third-order valence-electron chi connectivity index (χ3n) is 6.48. The maximum absolute atomic E-state index is 13.2. The molecule has 0 radical (unpaired) electrons. The summed E-state index contributed by atoms with van der Waals surface area (Å²) < 4.78 is 49.2. The Labute approximate surface area is 215 Å². The van der Waals surface area contributed by atoms with Crippen LogP contribution in [0.5, 0.6) is 5.75 Å². The lowest BCUT2D eigenvalue weighted by Gasteiger charge is -2.29. The smallest absolute Gasteiger partial charge is 0.422 e. The molecule has 4 heterocycles. The zero-order valence-electron chi connectivity index (χ0n) is 20.5. The maximum atomic E-state index is 13.2. The summed E-state index contributed by atoms with van der Waals surface area (Å²) in [5, 5.41) is 11.3. The summed E-state index contributed by atoms with van der Waals surface area (Å²) in [7, 11) is 1.44. The maximum Gasteiger partial charge on any atom is 0.422 e. The fourth-order valence-electron chi connectivity index (χ4n) is 4.63. The van der Waals surface area contributed by atoms with Crippen molar-refractivity contribution in [2.75, 3.05) is 25.6 Å². The summed E-state index contributed by atoms with van der Waals surface area (Å²) in [5.74, 6) is 1.70. The summed E-state index contributed by atoms with van der Waals surface area (Å²) in [4.78, 5) is 31.1. The zero-order valence-corrected chi connectivity index (χ0v) is 20.5. The van der Waals surface area contributed by atoms with Crippen LogP contribution < -0.4 is 10.1 Å². The second-order valence-electron chi connectivity index (χ2n) is 9.07. The number of amides is 2. The number of anilines is 1. The molecule has 1 N–H and O–H groups in total. The van der Waals surface area contributed by atoms with Gasteiger partial charge in [-0.1, -0.05) is 6.07 Å². The lowest BCUT2D eigenvalue weighted by Crippen LogP contribution is -2.38. The van der Waals surface area contributed by atoms with Gasteiger partial charge in [-0.15, -0.1) is 10.2 Å². The van der Waals surface area contributed by atoms with Crippen LogP contribution in [0.2, 0.25) is 0 Å². The summed E-state index contributed by atoms with van der Waals surface area (Å²) in [6.45, 7) is -0.665. The fraction of sp³-hybridized carbons (Fsp3) is 0.400. The van der Waals surface area contributed by atoms with Crippen LogP contribution in [0.4, 0.5) is 23.8 Å². The molecule has 0 bridgehead atoms. The average molecular weight is 531 g/mol. The minimum absolute atomic E-state index is 0.00201. The highest BCUT2D eigenvalue weighted by atomic mass is 19.4. The number of carbonyl (C=O) groups excluding carboxylic acids is 2. The van der Waals surface area contributed by atoms with Gasteiger partial charge >= 0.3 is 12.3 Å². The van der Waals surface area contributed by atoms with Crippen LogP contribution in [-0.2, 0) is 30.7 Å². The number of aromatic nitrogens is 4. The Morgan fingerprint density at radius 1 is 1.08 bits per heavy atom. The van der Waals surface area contributed by atoms with Crippen LogP contribution in [0, 0.1) is 0 Å². The molecule has 2 aliphatic rings. The van der Waals surface area contributed by atoms with Gasteiger partial charge in [0.05, 0.1) is 12.7 Å². The first-order valence-electron chi connectivity index (χ1n) is 12.1. The van der Waals surface area contributed by atoms with Crippen molar-refractivity contribution in [2.45, 2.75) is 44.9 Å². The molecule has 5 rings (SSSR count). The van der Waals surface area contributed by atoms with Gasteiger partial charge in [-0.2, -0.15) is 13.2 Å². The quantitative estimate of drug-likeness (QED) is 0.531. The number of rotatable bonds is 5. The Morgan fingerprint density at radius 3 is 2.71 bits per heavy atom. The first-order chi connectivity index (χ1) is 18.2. The molecular weight excluding hydrogens is 505 g/mol. The number of fused-ring (bicyclic) bond motifs is 2. The fourth-order valence-corrected chi connectivity index (χ4v) is 4.63. The van der Waals surface area contributed by atoms with E-state index >= 15 is 0 Å². The number of benzene rings is 1. The second kappa shape index (κ2) is 10.3. The van der Waals surface area contributed by atoms with E-state index in [2.05, 4.69) is 25.2 Å². The van der Waals surface area contributed by atoms with Gasteiger partial charge in [-0.3, -0.25) is 4.79 Å². The van der Waals surface area contributed by atoms with E-state index in [0.29, 0.717) is 35.1 Å². The molecule has 0 unspecified atom stereocenters. The van der Waals surface area contributed by atoms with Crippen LogP contribution in [-0.4, -0.2) is 63.1 Å². The summed E-state index contributed by atoms with van der Waals surface area (Å²) in [5.41, 5.74) is 2.22. The highest BCUT2D eigenvalue weighted by Gasteiger charge is 2.32. The molecule has 0 fully saturated rings. The largest absolute Gasteiger partial charge is 0.496 e. The molecule has 2 amide bonds. The van der Waals surface area contributed by atoms with Crippen LogP contribution in [0.25, 0.3) is 11.5 Å². The first-order valence-corrected chi connectivity index (χ1v) is 12.1. The monoisotopic (exact) mass is 530 g/mol. The minimum Gasteiger partial charge on any atom is -0.496 e. The number of aryl methyl sites for hydroxylation is 1. The van der Waals surface area contributed by atoms with Gasteiger partial charge in [0.1, 0.15) is 23.1 Å². The third-order valence-corrected chi connectivity index (χ3v) is 6.48. The highest BCUT2D eigenvalue weighted by molar-refractivity contribution is 6.06. The predicted octanol–water partition coefficient (Wildman–Crippen LogP) is 3.99. The topological polar surface area (TPSA) is 111 Å². The summed E-state index contributed by atoms with van der Waals surface area (Å²) >= 11 is 0. The van der Waals surface area contributed by atoms with Gasteiger partial charge in [-0.05, 0) is 54.7 Å². The van der Waals surface area contributed by atoms with E-state index in [4.69, 9.17) is 4.74 Å². The molecule has 13 heteroatoms. The van der Waals surface area contributed by atoms with E-state index < -0.39 is 24.8 Å². The Kier molecular flexibility index (Phi) is 6.91. The number of alkyl halides is 3. The SMILES string of the molecule is COc1cc2c(cc1C(=O)Nc1cccc(-c3nnc4n3CCCC4)n1)CN(C(=O)OCC(F)(F)F)CC2. The molecular formula is C25H25F3N6O4. The Balaban J connectivity index is 1.34. The Morgan fingerprint density at radius 2 is 1.92 bits per heavy atom. The van der Waals surface area contributed by atoms with Crippen molar-refractivity contribution >= 4 is 17.8 Å². The van der Waals surface area contributed by atoms with E-state index in [-0.39, 0.29) is 18.7 Å². The van der Waals surface area contributed by atoms with Crippen molar-refractivity contribution in [3.05, 3.63) is 52.8 Å². The van der Waals surface area contributed by atoms with E-state index in [1.54, 1.807) is 30.3 Å². The van der Waals surface area contributed by atoms with Crippen molar-refractivity contribution in [3.8, 4) is 17.3 Å². The predicted molar refractivity (Wildman–Crippen MR) is 129 cm³/mol. The van der Waals surface area contributed by atoms with Crippen LogP contribution in [0.15, 0.2) is 30.3 Å². The number of hydrogen-bond acceptors (Lipinski definition) is 7. The Bertz CT molecular complexity index is 1370. The van der Waals surface area contributed by atoms with Crippen molar-refractivity contribution in [2.24, 2.45) is 0 Å². The number of methoxy groups -OCH3 is 1. The van der Waals surface area contributed by atoms with Gasteiger partial charge in [0.15, 0.2) is 12.4 Å². The zero-order chi connectivity index (χ0) is 26.9. The molecule has 38 heavy (non-hydrogen) atoms. The third kappa shape index (κ3) is 5.41. The normalized spacial score (nSPS) is 14.9. The number of carbonyl (C=O) groups is 2. The number of nitrogens with one attached hydrogen (secondary N) is 1. The molecule has 0 spiro atoms. The molecule has 0 saturated heterocycles. The number of pyridine rings is 1. The molecule has 200 valence electrons. The average Bonchev–Trinajstić information content (AvgIpc) is 3.34. The number of nitrogens with zero attached hydrogens (tertiary/aromatic N) is 5. The van der Waals surface area contributed by atoms with E-state index in [1.165, 1.54) is 12.0 Å². The van der Waals surface area contributed by atoms with Crippen molar-refractivity contribution in [1.82, 2.24) is 24.6 Å². The van der Waals surface area contributed by atoms with E-state index in [1.807, 2.05) is 4.57 Å². The van der Waals surface area contributed by atoms with Crippen molar-refractivity contribution in [1.29, 1.82) is 0 Å². The number of ether oxygens (including phenoxy) is 2. The van der Waals surface area contributed by atoms with Crippen molar-refractivity contribution in [3.63, 3.8) is 0 Å². The van der Waals surface area contributed by atoms with Gasteiger partial charge in [0.2, 0.25) is 0 Å². The molecule has 10 nitrogen and oxygen atoms in total. The van der Waals surface area contributed by atoms with E-state index in [0.717, 1.165) is 37.2 Å². The molecule has 0 saturated carbocycles. The van der Waals surface area contributed by atoms with Crippen LogP contribution >= 0.6 is 0 Å². The van der Waals surface area contributed by atoms with Crippen LogP contribution in [0.1, 0.15) is 40.2 Å². The highest BCUT2D eigenvalue weighted by Crippen LogP contribution is 2.30. The van der Waals surface area contributed by atoms with Gasteiger partial charge in [0.25, 0.3) is 5.91 Å². The Hall–Kier alpha value is -4.16. The molecule has 0 atom stereocenters. The molecule has 1 aromatic carbocycles. The van der Waals surface area contributed by atoms with Gasteiger partial charge in [-0.25, -0.2) is 9.78 Å². The molecule has 0 aliphatic carbocycles. The molecule has 2 aromatic heterocycles. The van der Waals surface area contributed by atoms with E-state index in [9.17, 15) is 22.8 Å². The lowest BCUT2D eigenvalue weighted by atomic mass is 9.96. The standard InChI is InChI=1S/C25H25F3N6O4/c1-37-19-12-15-8-10-33(24(36)38-14-25(26,27)28)13-16(15)11-17(19)23(35)30-20-6-4-5-18(29-20)22-32-31-21-7-2-3-9-34(21)22/h4-6,11-12H,2-3,7-10,13-14H2,1H3,(H,29,30,35). The van der Waals surface area contributed by atoms with Gasteiger partial charge < -0.3 is 24.3 Å². The molecule has 2 aliphatic heterocycles. The summed E-state index contributed by atoms with van der Waals surface area (Å²) in [6, 6.07) is 8.49. The number of halogens is 3. The molecule has 3 aromatic rings.